The van der Waals surface area contributed by atoms with E-state index >= 15 is 0 Å². The fourth-order valence-electron chi connectivity index (χ4n) is 1.24. The van der Waals surface area contributed by atoms with E-state index in [1.807, 2.05) is 0 Å². The predicted octanol–water partition coefficient (Wildman–Crippen LogP) is 2.65. The van der Waals surface area contributed by atoms with Crippen LogP contribution < -0.4 is 10.5 Å². The minimum atomic E-state index is -4.25. The third-order valence-electron chi connectivity index (χ3n) is 1.97. The molecule has 2 N–H and O–H groups in total. The first-order valence-electron chi connectivity index (χ1n) is 4.38. The molecular formula is C10H12F3NO. The van der Waals surface area contributed by atoms with E-state index in [0.717, 1.165) is 0 Å². The molecule has 0 heterocycles. The lowest BCUT2D eigenvalue weighted by Crippen LogP contribution is -2.20. The fourth-order valence-corrected chi connectivity index (χ4v) is 1.24. The largest absolute Gasteiger partial charge is 0.497 e. The van der Waals surface area contributed by atoms with Gasteiger partial charge in [-0.25, -0.2) is 0 Å². The van der Waals surface area contributed by atoms with Crippen molar-refractivity contribution in [2.75, 3.05) is 7.11 Å². The third-order valence-corrected chi connectivity index (χ3v) is 1.97. The fraction of sp³-hybridized carbons (Fsp3) is 0.400. The van der Waals surface area contributed by atoms with E-state index < -0.39 is 18.6 Å². The van der Waals surface area contributed by atoms with E-state index in [4.69, 9.17) is 10.5 Å². The molecule has 1 aromatic carbocycles. The molecule has 0 saturated carbocycles. The van der Waals surface area contributed by atoms with Crippen LogP contribution in [0.1, 0.15) is 18.0 Å². The van der Waals surface area contributed by atoms with Gasteiger partial charge in [-0.3, -0.25) is 0 Å². The van der Waals surface area contributed by atoms with E-state index in [1.165, 1.54) is 13.2 Å². The van der Waals surface area contributed by atoms with E-state index in [1.54, 1.807) is 18.2 Å². The van der Waals surface area contributed by atoms with Crippen molar-refractivity contribution in [2.24, 2.45) is 5.73 Å². The number of hydrogen-bond acceptors (Lipinski definition) is 2. The third kappa shape index (κ3) is 3.79. The van der Waals surface area contributed by atoms with E-state index in [9.17, 15) is 13.2 Å². The van der Waals surface area contributed by atoms with Crippen molar-refractivity contribution in [1.82, 2.24) is 0 Å². The van der Waals surface area contributed by atoms with Gasteiger partial charge in [-0.2, -0.15) is 13.2 Å². The lowest BCUT2D eigenvalue weighted by atomic mass is 10.0. The van der Waals surface area contributed by atoms with Crippen LogP contribution in [0.25, 0.3) is 0 Å². The number of ether oxygens (including phenoxy) is 1. The smallest absolute Gasteiger partial charge is 0.390 e. The van der Waals surface area contributed by atoms with Gasteiger partial charge < -0.3 is 10.5 Å². The summed E-state index contributed by atoms with van der Waals surface area (Å²) in [5.74, 6) is 0.505. The lowest BCUT2D eigenvalue weighted by molar-refractivity contribution is -0.138. The second-order valence-electron chi connectivity index (χ2n) is 3.20. The topological polar surface area (TPSA) is 35.2 Å². The van der Waals surface area contributed by atoms with Crippen molar-refractivity contribution < 1.29 is 17.9 Å². The van der Waals surface area contributed by atoms with Crippen molar-refractivity contribution in [2.45, 2.75) is 18.6 Å². The molecule has 0 aliphatic rings. The number of benzene rings is 1. The zero-order valence-electron chi connectivity index (χ0n) is 8.21. The van der Waals surface area contributed by atoms with Crippen LogP contribution in [-0.4, -0.2) is 13.3 Å². The molecule has 1 rings (SSSR count). The lowest BCUT2D eigenvalue weighted by Gasteiger charge is -2.14. The molecule has 0 aliphatic heterocycles. The van der Waals surface area contributed by atoms with Crippen molar-refractivity contribution in [3.05, 3.63) is 29.8 Å². The van der Waals surface area contributed by atoms with E-state index in [2.05, 4.69) is 0 Å². The Hall–Kier alpha value is -1.23. The predicted molar refractivity (Wildman–Crippen MR) is 50.6 cm³/mol. The Morgan fingerprint density at radius 1 is 1.40 bits per heavy atom. The molecule has 0 aliphatic carbocycles. The van der Waals surface area contributed by atoms with Gasteiger partial charge >= 0.3 is 6.18 Å². The number of halogens is 3. The van der Waals surface area contributed by atoms with Crippen LogP contribution in [0.3, 0.4) is 0 Å². The highest BCUT2D eigenvalue weighted by Crippen LogP contribution is 2.29. The molecule has 0 spiro atoms. The van der Waals surface area contributed by atoms with Crippen LogP contribution in [0.5, 0.6) is 5.75 Å². The van der Waals surface area contributed by atoms with Crippen molar-refractivity contribution in [1.29, 1.82) is 0 Å². The molecule has 0 radical (unpaired) electrons. The zero-order chi connectivity index (χ0) is 11.5. The second-order valence-corrected chi connectivity index (χ2v) is 3.20. The number of nitrogens with two attached hydrogens (primary N) is 1. The van der Waals surface area contributed by atoms with Crippen LogP contribution >= 0.6 is 0 Å². The Morgan fingerprint density at radius 2 is 2.07 bits per heavy atom. The first-order chi connectivity index (χ1) is 6.92. The molecule has 0 amide bonds. The van der Waals surface area contributed by atoms with Gasteiger partial charge in [-0.05, 0) is 17.7 Å². The van der Waals surface area contributed by atoms with Crippen LogP contribution in [0.15, 0.2) is 24.3 Å². The quantitative estimate of drug-likeness (QED) is 0.848. The molecule has 84 valence electrons. The molecule has 0 aromatic heterocycles. The van der Waals surface area contributed by atoms with Crippen molar-refractivity contribution in [3.63, 3.8) is 0 Å². The van der Waals surface area contributed by atoms with E-state index in [0.29, 0.717) is 11.3 Å². The standard InChI is InChI=1S/C10H12F3NO/c1-15-8-4-2-3-7(5-8)9(14)6-10(11,12)13/h2-5,9H,6,14H2,1H3/t9-/m1/s1. The van der Waals surface area contributed by atoms with Gasteiger partial charge in [-0.15, -0.1) is 0 Å². The van der Waals surface area contributed by atoms with Crippen molar-refractivity contribution >= 4 is 0 Å². The molecule has 1 atom stereocenters. The average Bonchev–Trinajstić information content (AvgIpc) is 2.15. The Labute approximate surface area is 85.8 Å². The summed E-state index contributed by atoms with van der Waals surface area (Å²) in [6.07, 6.45) is -5.28. The SMILES string of the molecule is COc1cccc([C@H](N)CC(F)(F)F)c1. The van der Waals surface area contributed by atoms with Gasteiger partial charge in [0.05, 0.1) is 13.5 Å². The highest BCUT2D eigenvalue weighted by molar-refractivity contribution is 5.30. The van der Waals surface area contributed by atoms with Crippen molar-refractivity contribution in [3.8, 4) is 5.75 Å². The monoisotopic (exact) mass is 219 g/mol. The van der Waals surface area contributed by atoms with Gasteiger partial charge in [0.25, 0.3) is 0 Å². The number of rotatable bonds is 3. The minimum Gasteiger partial charge on any atom is -0.497 e. The molecule has 0 fully saturated rings. The molecular weight excluding hydrogens is 207 g/mol. The van der Waals surface area contributed by atoms with Crippen LogP contribution in [0.2, 0.25) is 0 Å². The Bertz CT molecular complexity index is 325. The summed E-state index contributed by atoms with van der Waals surface area (Å²) < 4.78 is 41.1. The Kier molecular flexibility index (Phi) is 3.57. The Morgan fingerprint density at radius 3 is 2.60 bits per heavy atom. The Balaban J connectivity index is 2.77. The summed E-state index contributed by atoms with van der Waals surface area (Å²) in [5.41, 5.74) is 5.85. The molecule has 15 heavy (non-hydrogen) atoms. The maximum absolute atomic E-state index is 12.1. The number of methoxy groups -OCH3 is 1. The maximum Gasteiger partial charge on any atom is 0.390 e. The summed E-state index contributed by atoms with van der Waals surface area (Å²) in [5, 5.41) is 0. The number of hydrogen-bond donors (Lipinski definition) is 1. The molecule has 1 aromatic rings. The first kappa shape index (κ1) is 11.8. The van der Waals surface area contributed by atoms with Gasteiger partial charge in [0.15, 0.2) is 0 Å². The summed E-state index contributed by atoms with van der Waals surface area (Å²) in [7, 11) is 1.45. The number of alkyl halides is 3. The van der Waals surface area contributed by atoms with Crippen LogP contribution in [0, 0.1) is 0 Å². The second kappa shape index (κ2) is 4.53. The first-order valence-corrected chi connectivity index (χ1v) is 4.38. The molecule has 0 bridgehead atoms. The van der Waals surface area contributed by atoms with Crippen LogP contribution in [0.4, 0.5) is 13.2 Å². The van der Waals surface area contributed by atoms with Gasteiger partial charge in [0, 0.05) is 6.04 Å². The molecule has 5 heteroatoms. The summed E-state index contributed by atoms with van der Waals surface area (Å²) in [4.78, 5) is 0. The van der Waals surface area contributed by atoms with Gasteiger partial charge in [0.1, 0.15) is 5.75 Å². The molecule has 0 saturated heterocycles. The van der Waals surface area contributed by atoms with Crippen LogP contribution in [-0.2, 0) is 0 Å². The summed E-state index contributed by atoms with van der Waals surface area (Å²) in [6.45, 7) is 0. The molecule has 0 unspecified atom stereocenters. The van der Waals surface area contributed by atoms with Gasteiger partial charge in [0.2, 0.25) is 0 Å². The summed E-state index contributed by atoms with van der Waals surface area (Å²) >= 11 is 0. The normalized spacial score (nSPS) is 13.7. The summed E-state index contributed by atoms with van der Waals surface area (Å²) in [6, 6.07) is 5.30. The highest BCUT2D eigenvalue weighted by atomic mass is 19.4. The highest BCUT2D eigenvalue weighted by Gasteiger charge is 2.30. The minimum absolute atomic E-state index is 0.423. The van der Waals surface area contributed by atoms with Gasteiger partial charge in [-0.1, -0.05) is 12.1 Å². The maximum atomic E-state index is 12.1. The van der Waals surface area contributed by atoms with E-state index in [-0.39, 0.29) is 0 Å². The average molecular weight is 219 g/mol. The zero-order valence-corrected chi connectivity index (χ0v) is 8.21. The molecule has 2 nitrogen and oxygen atoms in total.